The second-order valence-corrected chi connectivity index (χ2v) is 6.35. The van der Waals surface area contributed by atoms with Crippen molar-refractivity contribution < 1.29 is 0 Å². The first-order valence-electron chi connectivity index (χ1n) is 6.94. The molecular weight excluding hydrogens is 332 g/mol. The van der Waals surface area contributed by atoms with Crippen LogP contribution in [0.1, 0.15) is 11.4 Å². The normalized spacial score (nSPS) is 11.2. The number of nitrogens with one attached hydrogen (secondary N) is 1. The SMILES string of the molecule is O=c1c(Cc2ncc[nH]2)cn(-c2nccs2)c2cc(Cl)ccc12. The zero-order valence-corrected chi connectivity index (χ0v) is 13.4. The van der Waals surface area contributed by atoms with E-state index in [-0.39, 0.29) is 5.43 Å². The van der Waals surface area contributed by atoms with Crippen LogP contribution in [0.25, 0.3) is 16.0 Å². The van der Waals surface area contributed by atoms with Crippen molar-refractivity contribution >= 4 is 33.8 Å². The molecule has 5 nitrogen and oxygen atoms in total. The van der Waals surface area contributed by atoms with Crippen LogP contribution in [-0.4, -0.2) is 19.5 Å². The molecule has 7 heteroatoms. The Balaban J connectivity index is 2.00. The second kappa shape index (κ2) is 5.64. The third-order valence-electron chi connectivity index (χ3n) is 3.58. The van der Waals surface area contributed by atoms with Crippen LogP contribution in [0.3, 0.4) is 0 Å². The highest BCUT2D eigenvalue weighted by atomic mass is 35.5. The van der Waals surface area contributed by atoms with E-state index in [1.807, 2.05) is 16.1 Å². The fourth-order valence-corrected chi connectivity index (χ4v) is 3.34. The minimum Gasteiger partial charge on any atom is -0.348 e. The number of halogens is 1. The molecule has 0 aliphatic carbocycles. The first kappa shape index (κ1) is 14.2. The number of H-pyrrole nitrogens is 1. The molecular formula is C16H11ClN4OS. The van der Waals surface area contributed by atoms with Crippen molar-refractivity contribution in [2.75, 3.05) is 0 Å². The lowest BCUT2D eigenvalue weighted by molar-refractivity contribution is 0.976. The van der Waals surface area contributed by atoms with E-state index in [9.17, 15) is 4.79 Å². The standard InChI is InChI=1S/C16H11ClN4OS/c17-11-1-2-12-13(8-11)21(16-20-5-6-23-16)9-10(15(12)22)7-14-18-3-4-19-14/h1-6,8-9H,7H2,(H,18,19). The highest BCUT2D eigenvalue weighted by Gasteiger charge is 2.13. The molecule has 0 fully saturated rings. The lowest BCUT2D eigenvalue weighted by atomic mass is 10.1. The molecule has 0 amide bonds. The predicted octanol–water partition coefficient (Wildman–Crippen LogP) is 3.41. The highest BCUT2D eigenvalue weighted by molar-refractivity contribution is 7.12. The van der Waals surface area contributed by atoms with Gasteiger partial charge < -0.3 is 4.98 Å². The molecule has 0 unspecified atom stereocenters. The van der Waals surface area contributed by atoms with Gasteiger partial charge in [0.15, 0.2) is 10.6 Å². The van der Waals surface area contributed by atoms with Crippen LogP contribution in [0.2, 0.25) is 5.02 Å². The molecule has 1 aromatic carbocycles. The molecule has 0 saturated heterocycles. The molecule has 3 aromatic heterocycles. The fourth-order valence-electron chi connectivity index (χ4n) is 2.55. The quantitative estimate of drug-likeness (QED) is 0.620. The predicted molar refractivity (Wildman–Crippen MR) is 91.6 cm³/mol. The van der Waals surface area contributed by atoms with Crippen LogP contribution in [-0.2, 0) is 6.42 Å². The number of hydrogen-bond acceptors (Lipinski definition) is 4. The number of fused-ring (bicyclic) bond motifs is 1. The van der Waals surface area contributed by atoms with Crippen LogP contribution in [0.4, 0.5) is 0 Å². The number of imidazole rings is 1. The summed E-state index contributed by atoms with van der Waals surface area (Å²) in [5.41, 5.74) is 1.39. The molecule has 0 radical (unpaired) electrons. The Hall–Kier alpha value is -2.44. The van der Waals surface area contributed by atoms with E-state index in [0.717, 1.165) is 16.5 Å². The van der Waals surface area contributed by atoms with E-state index >= 15 is 0 Å². The van der Waals surface area contributed by atoms with Gasteiger partial charge in [-0.25, -0.2) is 9.97 Å². The summed E-state index contributed by atoms with van der Waals surface area (Å²) >= 11 is 7.61. The number of aromatic amines is 1. The van der Waals surface area contributed by atoms with Gasteiger partial charge in [0.1, 0.15) is 5.82 Å². The smallest absolute Gasteiger partial charge is 0.193 e. The van der Waals surface area contributed by atoms with Crippen LogP contribution < -0.4 is 5.43 Å². The third kappa shape index (κ3) is 2.56. The van der Waals surface area contributed by atoms with Crippen molar-refractivity contribution in [2.24, 2.45) is 0 Å². The lowest BCUT2D eigenvalue weighted by Crippen LogP contribution is -2.15. The van der Waals surface area contributed by atoms with Crippen molar-refractivity contribution in [3.8, 4) is 5.13 Å². The van der Waals surface area contributed by atoms with Gasteiger partial charge in [0.2, 0.25) is 0 Å². The van der Waals surface area contributed by atoms with Gasteiger partial charge in [-0.15, -0.1) is 11.3 Å². The molecule has 0 bridgehead atoms. The second-order valence-electron chi connectivity index (χ2n) is 5.04. The van der Waals surface area contributed by atoms with Gasteiger partial charge in [-0.1, -0.05) is 11.6 Å². The minimum absolute atomic E-state index is 0.0131. The van der Waals surface area contributed by atoms with E-state index in [1.165, 1.54) is 11.3 Å². The van der Waals surface area contributed by atoms with Gasteiger partial charge in [-0.2, -0.15) is 0 Å². The van der Waals surface area contributed by atoms with Crippen LogP contribution in [0, 0.1) is 0 Å². The molecule has 0 atom stereocenters. The maximum Gasteiger partial charge on any atom is 0.193 e. The summed E-state index contributed by atoms with van der Waals surface area (Å²) in [4.78, 5) is 24.4. The number of aromatic nitrogens is 4. The summed E-state index contributed by atoms with van der Waals surface area (Å²) in [6.07, 6.45) is 7.42. The molecule has 0 spiro atoms. The van der Waals surface area contributed by atoms with Crippen molar-refractivity contribution in [3.63, 3.8) is 0 Å². The molecule has 0 aliphatic heterocycles. The average Bonchev–Trinajstić information content (AvgIpc) is 3.23. The van der Waals surface area contributed by atoms with E-state index in [4.69, 9.17) is 11.6 Å². The summed E-state index contributed by atoms with van der Waals surface area (Å²) in [5, 5.41) is 3.89. The average molecular weight is 343 g/mol. The molecule has 4 rings (SSSR count). The molecule has 4 aromatic rings. The Kier molecular flexibility index (Phi) is 3.48. The minimum atomic E-state index is -0.0131. The molecule has 3 heterocycles. The summed E-state index contributed by atoms with van der Waals surface area (Å²) in [5.74, 6) is 0.751. The van der Waals surface area contributed by atoms with Crippen molar-refractivity contribution in [1.82, 2.24) is 19.5 Å². The summed E-state index contributed by atoms with van der Waals surface area (Å²) in [7, 11) is 0. The Morgan fingerprint density at radius 3 is 2.91 bits per heavy atom. The zero-order chi connectivity index (χ0) is 15.8. The van der Waals surface area contributed by atoms with E-state index in [0.29, 0.717) is 22.4 Å². The van der Waals surface area contributed by atoms with Gasteiger partial charge >= 0.3 is 0 Å². The molecule has 23 heavy (non-hydrogen) atoms. The van der Waals surface area contributed by atoms with Crippen molar-refractivity contribution in [1.29, 1.82) is 0 Å². The van der Waals surface area contributed by atoms with Gasteiger partial charge in [0.05, 0.1) is 5.52 Å². The summed E-state index contributed by atoms with van der Waals surface area (Å²) in [6.45, 7) is 0. The highest BCUT2D eigenvalue weighted by Crippen LogP contribution is 2.23. The van der Waals surface area contributed by atoms with E-state index < -0.39 is 0 Å². The number of pyridine rings is 1. The van der Waals surface area contributed by atoms with Crippen LogP contribution in [0.15, 0.2) is 53.2 Å². The number of hydrogen-bond donors (Lipinski definition) is 1. The Labute approximate surface area is 140 Å². The zero-order valence-electron chi connectivity index (χ0n) is 11.9. The van der Waals surface area contributed by atoms with Gasteiger partial charge in [0, 0.05) is 52.6 Å². The summed E-state index contributed by atoms with van der Waals surface area (Å²) < 4.78 is 1.91. The Morgan fingerprint density at radius 2 is 2.17 bits per heavy atom. The summed E-state index contributed by atoms with van der Waals surface area (Å²) in [6, 6.07) is 5.28. The van der Waals surface area contributed by atoms with Crippen LogP contribution in [0.5, 0.6) is 0 Å². The van der Waals surface area contributed by atoms with Gasteiger partial charge in [-0.3, -0.25) is 9.36 Å². The van der Waals surface area contributed by atoms with Gasteiger partial charge in [-0.05, 0) is 18.2 Å². The number of benzene rings is 1. The van der Waals surface area contributed by atoms with E-state index in [1.54, 1.807) is 36.8 Å². The molecule has 0 saturated carbocycles. The molecule has 0 aliphatic rings. The Bertz CT molecular complexity index is 1020. The molecule has 1 N–H and O–H groups in total. The fraction of sp³-hybridized carbons (Fsp3) is 0.0625. The third-order valence-corrected chi connectivity index (χ3v) is 4.58. The topological polar surface area (TPSA) is 63.6 Å². The first-order valence-corrected chi connectivity index (χ1v) is 8.20. The number of rotatable bonds is 3. The largest absolute Gasteiger partial charge is 0.348 e. The maximum absolute atomic E-state index is 12.8. The number of nitrogens with zero attached hydrogens (tertiary/aromatic N) is 3. The first-order chi connectivity index (χ1) is 11.2. The van der Waals surface area contributed by atoms with Crippen LogP contribution >= 0.6 is 22.9 Å². The Morgan fingerprint density at radius 1 is 1.26 bits per heavy atom. The van der Waals surface area contributed by atoms with Gasteiger partial charge in [0.25, 0.3) is 0 Å². The van der Waals surface area contributed by atoms with Crippen molar-refractivity contribution in [2.45, 2.75) is 6.42 Å². The lowest BCUT2D eigenvalue weighted by Gasteiger charge is -2.11. The van der Waals surface area contributed by atoms with Crippen molar-refractivity contribution in [3.05, 3.63) is 75.0 Å². The number of thiazole rings is 1. The van der Waals surface area contributed by atoms with E-state index in [2.05, 4.69) is 15.0 Å². The maximum atomic E-state index is 12.8. The monoisotopic (exact) mass is 342 g/mol. The molecule has 114 valence electrons.